The first kappa shape index (κ1) is 15.1. The molecule has 0 atom stereocenters. The Balaban J connectivity index is 1.49. The minimum absolute atomic E-state index is 0.0248. The first-order valence-electron chi connectivity index (χ1n) is 7.98. The van der Waals surface area contributed by atoms with E-state index >= 15 is 0 Å². The fraction of sp³-hybridized carbons (Fsp3) is 0.625. The number of aryl methyl sites for hydroxylation is 1. The second-order valence-electron chi connectivity index (χ2n) is 6.05. The number of carbonyl (C=O) groups is 2. The molecule has 120 valence electrons. The molecule has 0 aromatic carbocycles. The van der Waals surface area contributed by atoms with Crippen LogP contribution in [0, 0.1) is 6.92 Å². The van der Waals surface area contributed by atoms with Gasteiger partial charge in [0.1, 0.15) is 5.76 Å². The Morgan fingerprint density at radius 3 is 2.32 bits per heavy atom. The second kappa shape index (κ2) is 6.52. The van der Waals surface area contributed by atoms with Crippen molar-refractivity contribution < 1.29 is 14.0 Å². The van der Waals surface area contributed by atoms with Gasteiger partial charge in [-0.25, -0.2) is 0 Å². The van der Waals surface area contributed by atoms with Gasteiger partial charge < -0.3 is 14.2 Å². The maximum Gasteiger partial charge on any atom is 0.257 e. The molecular formula is C16H23N3O3. The van der Waals surface area contributed by atoms with Crippen molar-refractivity contribution in [3.63, 3.8) is 0 Å². The van der Waals surface area contributed by atoms with Gasteiger partial charge in [0.15, 0.2) is 0 Å². The SMILES string of the molecule is Cc1occc1C(=O)N1CCN(CC(=O)N2CCCC2)CC1. The van der Waals surface area contributed by atoms with Gasteiger partial charge >= 0.3 is 0 Å². The van der Waals surface area contributed by atoms with Crippen LogP contribution in [0.4, 0.5) is 0 Å². The van der Waals surface area contributed by atoms with E-state index in [9.17, 15) is 9.59 Å². The molecular weight excluding hydrogens is 282 g/mol. The Morgan fingerprint density at radius 2 is 1.73 bits per heavy atom. The third-order valence-electron chi connectivity index (χ3n) is 4.57. The lowest BCUT2D eigenvalue weighted by Crippen LogP contribution is -2.51. The molecule has 0 saturated carbocycles. The van der Waals surface area contributed by atoms with Gasteiger partial charge in [-0.2, -0.15) is 0 Å². The number of rotatable bonds is 3. The quantitative estimate of drug-likeness (QED) is 0.835. The highest BCUT2D eigenvalue weighted by atomic mass is 16.3. The van der Waals surface area contributed by atoms with Gasteiger partial charge in [-0.15, -0.1) is 0 Å². The fourth-order valence-electron chi connectivity index (χ4n) is 3.14. The van der Waals surface area contributed by atoms with Crippen LogP contribution in [0.3, 0.4) is 0 Å². The molecule has 1 aromatic rings. The van der Waals surface area contributed by atoms with Crippen LogP contribution in [0.25, 0.3) is 0 Å². The number of hydrogen-bond donors (Lipinski definition) is 0. The lowest BCUT2D eigenvalue weighted by atomic mass is 10.2. The van der Waals surface area contributed by atoms with Crippen LogP contribution in [0.2, 0.25) is 0 Å². The summed E-state index contributed by atoms with van der Waals surface area (Å²) in [6.45, 7) is 6.91. The smallest absolute Gasteiger partial charge is 0.257 e. The Morgan fingerprint density at radius 1 is 1.05 bits per heavy atom. The van der Waals surface area contributed by atoms with E-state index in [4.69, 9.17) is 4.42 Å². The lowest BCUT2D eigenvalue weighted by molar-refractivity contribution is -0.131. The predicted octanol–water partition coefficient (Wildman–Crippen LogP) is 0.968. The number of furan rings is 1. The molecule has 2 aliphatic rings. The number of carbonyl (C=O) groups excluding carboxylic acids is 2. The minimum Gasteiger partial charge on any atom is -0.469 e. The van der Waals surface area contributed by atoms with E-state index in [2.05, 4.69) is 4.90 Å². The van der Waals surface area contributed by atoms with Crippen LogP contribution in [0.5, 0.6) is 0 Å². The van der Waals surface area contributed by atoms with E-state index in [-0.39, 0.29) is 11.8 Å². The van der Waals surface area contributed by atoms with Gasteiger partial charge in [0.2, 0.25) is 5.91 Å². The number of amides is 2. The lowest BCUT2D eigenvalue weighted by Gasteiger charge is -2.34. The zero-order valence-corrected chi connectivity index (χ0v) is 13.1. The molecule has 6 heteroatoms. The highest BCUT2D eigenvalue weighted by Crippen LogP contribution is 2.14. The normalized spacial score (nSPS) is 19.7. The summed E-state index contributed by atoms with van der Waals surface area (Å²) in [6.07, 6.45) is 3.80. The third kappa shape index (κ3) is 3.16. The van der Waals surface area contributed by atoms with Gasteiger partial charge in [0.25, 0.3) is 5.91 Å². The van der Waals surface area contributed by atoms with E-state index in [1.54, 1.807) is 19.3 Å². The molecule has 0 bridgehead atoms. The van der Waals surface area contributed by atoms with Crippen molar-refractivity contribution in [1.82, 2.24) is 14.7 Å². The highest BCUT2D eigenvalue weighted by Gasteiger charge is 2.26. The van der Waals surface area contributed by atoms with Crippen LogP contribution >= 0.6 is 0 Å². The molecule has 3 rings (SSSR count). The predicted molar refractivity (Wildman–Crippen MR) is 81.6 cm³/mol. The molecule has 2 fully saturated rings. The first-order chi connectivity index (χ1) is 10.6. The van der Waals surface area contributed by atoms with Crippen LogP contribution < -0.4 is 0 Å². The summed E-state index contributed by atoms with van der Waals surface area (Å²) in [7, 11) is 0. The molecule has 22 heavy (non-hydrogen) atoms. The van der Waals surface area contributed by atoms with Crippen molar-refractivity contribution in [2.24, 2.45) is 0 Å². The summed E-state index contributed by atoms with van der Waals surface area (Å²) in [5.74, 6) is 0.913. The second-order valence-corrected chi connectivity index (χ2v) is 6.05. The number of hydrogen-bond acceptors (Lipinski definition) is 4. The zero-order valence-electron chi connectivity index (χ0n) is 13.1. The van der Waals surface area contributed by atoms with Gasteiger partial charge in [0, 0.05) is 39.3 Å². The summed E-state index contributed by atoms with van der Waals surface area (Å²) in [6, 6.07) is 1.72. The monoisotopic (exact) mass is 305 g/mol. The molecule has 2 aliphatic heterocycles. The molecule has 0 spiro atoms. The van der Waals surface area contributed by atoms with Crippen LogP contribution in [-0.4, -0.2) is 72.3 Å². The third-order valence-corrected chi connectivity index (χ3v) is 4.57. The molecule has 0 aliphatic carbocycles. The minimum atomic E-state index is 0.0248. The zero-order chi connectivity index (χ0) is 15.5. The van der Waals surface area contributed by atoms with E-state index < -0.39 is 0 Å². The van der Waals surface area contributed by atoms with E-state index in [1.165, 1.54) is 0 Å². The maximum absolute atomic E-state index is 12.4. The first-order valence-corrected chi connectivity index (χ1v) is 7.98. The fourth-order valence-corrected chi connectivity index (χ4v) is 3.14. The Kier molecular flexibility index (Phi) is 4.47. The molecule has 2 saturated heterocycles. The molecule has 1 aromatic heterocycles. The van der Waals surface area contributed by atoms with Crippen molar-refractivity contribution in [2.75, 3.05) is 45.8 Å². The average molecular weight is 305 g/mol. The Bertz CT molecular complexity index is 541. The van der Waals surface area contributed by atoms with Gasteiger partial charge in [-0.05, 0) is 25.8 Å². The summed E-state index contributed by atoms with van der Waals surface area (Å²) in [5.41, 5.74) is 0.640. The molecule has 0 N–H and O–H groups in total. The molecule has 2 amide bonds. The molecule has 0 unspecified atom stereocenters. The van der Waals surface area contributed by atoms with Crippen molar-refractivity contribution in [2.45, 2.75) is 19.8 Å². The van der Waals surface area contributed by atoms with Gasteiger partial charge in [-0.3, -0.25) is 14.5 Å². The van der Waals surface area contributed by atoms with Crippen LogP contribution in [-0.2, 0) is 4.79 Å². The summed E-state index contributed by atoms with van der Waals surface area (Å²) in [5, 5.41) is 0. The summed E-state index contributed by atoms with van der Waals surface area (Å²) < 4.78 is 5.20. The van der Waals surface area contributed by atoms with Crippen molar-refractivity contribution in [3.05, 3.63) is 23.7 Å². The average Bonchev–Trinajstić information content (AvgIpc) is 3.18. The molecule has 3 heterocycles. The van der Waals surface area contributed by atoms with Crippen LogP contribution in [0.1, 0.15) is 29.0 Å². The Labute approximate surface area is 130 Å². The van der Waals surface area contributed by atoms with Crippen LogP contribution in [0.15, 0.2) is 16.7 Å². The van der Waals surface area contributed by atoms with Gasteiger partial charge in [-0.1, -0.05) is 0 Å². The van der Waals surface area contributed by atoms with E-state index in [0.717, 1.165) is 39.0 Å². The summed E-state index contributed by atoms with van der Waals surface area (Å²) >= 11 is 0. The largest absolute Gasteiger partial charge is 0.469 e. The van der Waals surface area contributed by atoms with E-state index in [1.807, 2.05) is 9.80 Å². The maximum atomic E-state index is 12.4. The van der Waals surface area contributed by atoms with Gasteiger partial charge in [0.05, 0.1) is 18.4 Å². The van der Waals surface area contributed by atoms with E-state index in [0.29, 0.717) is 31.0 Å². The topological polar surface area (TPSA) is 57.0 Å². The number of nitrogens with zero attached hydrogens (tertiary/aromatic N) is 3. The van der Waals surface area contributed by atoms with Crippen molar-refractivity contribution >= 4 is 11.8 Å². The summed E-state index contributed by atoms with van der Waals surface area (Å²) in [4.78, 5) is 30.5. The molecule has 6 nitrogen and oxygen atoms in total. The van der Waals surface area contributed by atoms with Crippen molar-refractivity contribution in [3.8, 4) is 0 Å². The Hall–Kier alpha value is -1.82. The standard InChI is InChI=1S/C16H23N3O3/c1-13-14(4-11-22-13)16(21)19-9-7-17(8-10-19)12-15(20)18-5-2-3-6-18/h4,11H,2-3,5-10,12H2,1H3. The number of piperazine rings is 1. The molecule has 0 radical (unpaired) electrons. The van der Waals surface area contributed by atoms with Crippen molar-refractivity contribution in [1.29, 1.82) is 0 Å². The number of likely N-dealkylation sites (tertiary alicyclic amines) is 1. The highest BCUT2D eigenvalue weighted by molar-refractivity contribution is 5.95.